The summed E-state index contributed by atoms with van der Waals surface area (Å²) < 4.78 is 167. The largest absolute Gasteiger partial charge is 0.507 e. The average Bonchev–Trinajstić information content (AvgIpc) is 2.83. The van der Waals surface area contributed by atoms with E-state index in [9.17, 15) is 66.0 Å². The zero-order chi connectivity index (χ0) is 30.9. The molecule has 3 N–H and O–H groups in total. The molecule has 0 atom stereocenters. The number of alkyl halides is 9. The third kappa shape index (κ3) is 6.18. The van der Waals surface area contributed by atoms with Gasteiger partial charge in [-0.05, 0) is 23.3 Å². The first-order chi connectivity index (χ1) is 18.0. The number of aromatic hydroxyl groups is 1. The molecule has 0 saturated heterocycles. The van der Waals surface area contributed by atoms with E-state index in [1.807, 2.05) is 12.1 Å². The van der Waals surface area contributed by atoms with Gasteiger partial charge in [-0.15, -0.1) is 0 Å². The highest BCUT2D eigenvalue weighted by Gasteiger charge is 2.85. The van der Waals surface area contributed by atoms with E-state index in [0.717, 1.165) is 0 Å². The van der Waals surface area contributed by atoms with Crippen molar-refractivity contribution < 1.29 is 70.6 Å². The van der Waals surface area contributed by atoms with E-state index >= 15 is 0 Å². The topological polar surface area (TPSA) is 129 Å². The van der Waals surface area contributed by atoms with Crippen LogP contribution in [0, 0.1) is 0 Å². The Bertz CT molecular complexity index is 1560. The third-order valence-electron chi connectivity index (χ3n) is 4.99. The number of hydrogen-bond donors (Lipinski definition) is 3. The van der Waals surface area contributed by atoms with Gasteiger partial charge < -0.3 is 5.11 Å². The number of phenols is 1. The quantitative estimate of drug-likeness (QED) is 0.217. The Morgan fingerprint density at radius 2 is 0.950 bits per heavy atom. The maximum atomic E-state index is 12.2. The smallest absolute Gasteiger partial charge is 0.460 e. The van der Waals surface area contributed by atoms with Crippen LogP contribution in [0.1, 0.15) is 0 Å². The molecule has 0 unspecified atom stereocenters. The highest BCUT2D eigenvalue weighted by molar-refractivity contribution is 7.87. The number of benzene rings is 3. The maximum Gasteiger partial charge on any atom is 0.460 e. The van der Waals surface area contributed by atoms with Crippen LogP contribution in [-0.2, 0) is 20.2 Å². The van der Waals surface area contributed by atoms with Crippen LogP contribution in [0.15, 0.2) is 77.7 Å². The van der Waals surface area contributed by atoms with E-state index in [1.54, 1.807) is 48.5 Å². The molecule has 0 fully saturated rings. The van der Waals surface area contributed by atoms with E-state index in [2.05, 4.69) is 0 Å². The predicted octanol–water partition coefficient (Wildman–Crippen LogP) is 6.27. The van der Waals surface area contributed by atoms with Gasteiger partial charge in [0.1, 0.15) is 10.6 Å². The Balaban J connectivity index is 0.000000296. The predicted molar refractivity (Wildman–Crippen MR) is 121 cm³/mol. The van der Waals surface area contributed by atoms with Crippen LogP contribution in [0.25, 0.3) is 22.3 Å². The van der Waals surface area contributed by atoms with Crippen molar-refractivity contribution in [3.63, 3.8) is 0 Å². The van der Waals surface area contributed by atoms with Crippen LogP contribution < -0.4 is 0 Å². The Morgan fingerprint density at radius 1 is 0.550 bits per heavy atom. The Labute approximate surface area is 220 Å². The molecule has 0 heterocycles. The molecule has 7 nitrogen and oxygen atoms in total. The van der Waals surface area contributed by atoms with Crippen molar-refractivity contribution in [3.8, 4) is 28.0 Å². The van der Waals surface area contributed by atoms with E-state index < -0.39 is 43.5 Å². The fourth-order valence-corrected chi connectivity index (χ4v) is 4.27. The lowest BCUT2D eigenvalue weighted by atomic mass is 9.93. The molecule has 0 aliphatic carbocycles. The molecule has 0 aliphatic heterocycles. The molecule has 220 valence electrons. The molecule has 0 aromatic heterocycles. The van der Waals surface area contributed by atoms with Crippen LogP contribution in [0.5, 0.6) is 5.75 Å². The number of halogens is 9. The van der Waals surface area contributed by atoms with Gasteiger partial charge in [0.2, 0.25) is 0 Å². The summed E-state index contributed by atoms with van der Waals surface area (Å²) in [5, 5.41) is 3.32. The molecular formula is C22H15F9O7S2. The number of rotatable bonds is 6. The zero-order valence-electron chi connectivity index (χ0n) is 19.1. The van der Waals surface area contributed by atoms with Crippen molar-refractivity contribution in [3.05, 3.63) is 72.8 Å². The van der Waals surface area contributed by atoms with E-state index in [4.69, 9.17) is 4.55 Å². The van der Waals surface area contributed by atoms with Gasteiger partial charge in [-0.1, -0.05) is 60.7 Å². The van der Waals surface area contributed by atoms with Crippen molar-refractivity contribution in [1.82, 2.24) is 0 Å². The second-order valence-electron chi connectivity index (χ2n) is 7.68. The molecule has 0 radical (unpaired) electrons. The summed E-state index contributed by atoms with van der Waals surface area (Å²) in [4.78, 5) is -0.236. The van der Waals surface area contributed by atoms with E-state index in [0.29, 0.717) is 16.7 Å². The van der Waals surface area contributed by atoms with Crippen LogP contribution in [0.4, 0.5) is 39.5 Å². The summed E-state index contributed by atoms with van der Waals surface area (Å²) in [5.41, 5.74) is 1.90. The van der Waals surface area contributed by atoms with Gasteiger partial charge in [0, 0.05) is 11.1 Å². The van der Waals surface area contributed by atoms with E-state index in [1.165, 1.54) is 12.1 Å². The fourth-order valence-electron chi connectivity index (χ4n) is 3.10. The van der Waals surface area contributed by atoms with Crippen LogP contribution in [0.2, 0.25) is 0 Å². The molecule has 3 rings (SSSR count). The molecule has 0 aliphatic rings. The van der Waals surface area contributed by atoms with Gasteiger partial charge >= 0.3 is 33.4 Å². The standard InChI is InChI=1S/C18H14O4S.C4HF9O3S/c19-15-11-12-16(23(20,21)22)18(14-9-5-2-6-10-14)17(15)13-7-3-1-4-8-13;5-1(6,3(9,10)11)2(7,8)4(12,13)17(14,15)16/h1-12,19H,(H,20,21,22);(H,14,15,16). The summed E-state index contributed by atoms with van der Waals surface area (Å²) in [5.74, 6) is -14.8. The minimum atomic E-state index is -7.37. The molecule has 3 aromatic carbocycles. The molecule has 3 aromatic rings. The second kappa shape index (κ2) is 10.9. The number of phenolic OH excluding ortho intramolecular Hbond substituents is 1. The van der Waals surface area contributed by atoms with Crippen molar-refractivity contribution in [1.29, 1.82) is 0 Å². The molecule has 40 heavy (non-hydrogen) atoms. The van der Waals surface area contributed by atoms with Gasteiger partial charge in [-0.3, -0.25) is 9.11 Å². The molecule has 18 heteroatoms. The van der Waals surface area contributed by atoms with Crippen molar-refractivity contribution in [2.45, 2.75) is 28.2 Å². The second-order valence-corrected chi connectivity index (χ2v) is 10.5. The molecule has 0 bridgehead atoms. The SMILES string of the molecule is O=S(=O)(O)C(F)(F)C(F)(F)C(F)(F)C(F)(F)F.O=S(=O)(O)c1ccc(O)c(-c2ccccc2)c1-c1ccccc1. The minimum absolute atomic E-state index is 0.0533. The molecule has 0 spiro atoms. The lowest BCUT2D eigenvalue weighted by molar-refractivity contribution is -0.382. The Morgan fingerprint density at radius 3 is 1.30 bits per heavy atom. The monoisotopic (exact) mass is 626 g/mol. The lowest BCUT2D eigenvalue weighted by Gasteiger charge is -2.31. The van der Waals surface area contributed by atoms with Gasteiger partial charge in [-0.25, -0.2) is 0 Å². The summed E-state index contributed by atoms with van der Waals surface area (Å²) in [6, 6.07) is 20.3. The summed E-state index contributed by atoms with van der Waals surface area (Å²) in [6.45, 7) is 0. The Kier molecular flexibility index (Phi) is 8.96. The average molecular weight is 626 g/mol. The fraction of sp³-hybridized carbons (Fsp3) is 0.182. The van der Waals surface area contributed by atoms with Crippen molar-refractivity contribution >= 4 is 20.2 Å². The first-order valence-electron chi connectivity index (χ1n) is 10.1. The summed E-state index contributed by atoms with van der Waals surface area (Å²) in [6.07, 6.45) is -7.13. The van der Waals surface area contributed by atoms with Gasteiger partial charge in [0.05, 0.1) is 0 Å². The maximum absolute atomic E-state index is 12.2. The molecule has 0 amide bonds. The highest BCUT2D eigenvalue weighted by Crippen LogP contribution is 2.54. The number of hydrogen-bond acceptors (Lipinski definition) is 5. The van der Waals surface area contributed by atoms with Gasteiger partial charge in [-0.2, -0.15) is 56.3 Å². The van der Waals surface area contributed by atoms with E-state index in [-0.39, 0.29) is 16.2 Å². The summed E-state index contributed by atoms with van der Waals surface area (Å²) in [7, 11) is -11.6. The van der Waals surface area contributed by atoms with Gasteiger partial charge in [0.25, 0.3) is 10.1 Å². The van der Waals surface area contributed by atoms with Crippen LogP contribution in [0.3, 0.4) is 0 Å². The minimum Gasteiger partial charge on any atom is -0.507 e. The van der Waals surface area contributed by atoms with Crippen molar-refractivity contribution in [2.24, 2.45) is 0 Å². The van der Waals surface area contributed by atoms with Crippen LogP contribution >= 0.6 is 0 Å². The van der Waals surface area contributed by atoms with Crippen molar-refractivity contribution in [2.75, 3.05) is 0 Å². The van der Waals surface area contributed by atoms with Gasteiger partial charge in [0.15, 0.2) is 0 Å². The highest BCUT2D eigenvalue weighted by atomic mass is 32.2. The Hall–Kier alpha value is -3.35. The first kappa shape index (κ1) is 32.9. The third-order valence-corrected chi connectivity index (χ3v) is 6.79. The van der Waals surface area contributed by atoms with Crippen LogP contribution in [-0.4, -0.2) is 54.3 Å². The first-order valence-corrected chi connectivity index (χ1v) is 13.0. The molecule has 0 saturated carbocycles. The summed E-state index contributed by atoms with van der Waals surface area (Å²) >= 11 is 0. The molecular weight excluding hydrogens is 611 g/mol. The zero-order valence-corrected chi connectivity index (χ0v) is 20.8. The normalized spacial score (nSPS) is 13.4. The lowest BCUT2D eigenvalue weighted by Crippen LogP contribution is -2.63.